The predicted octanol–water partition coefficient (Wildman–Crippen LogP) is 4.25. The molecule has 3 aromatic rings. The quantitative estimate of drug-likeness (QED) is 0.712. The lowest BCUT2D eigenvalue weighted by atomic mass is 9.87. The van der Waals surface area contributed by atoms with Crippen LogP contribution in [0.5, 0.6) is 0 Å². The molecule has 0 radical (unpaired) electrons. The molecule has 0 amide bonds. The van der Waals surface area contributed by atoms with Crippen molar-refractivity contribution in [3.8, 4) is 22.5 Å². The second kappa shape index (κ2) is 5.21. The lowest BCUT2D eigenvalue weighted by Gasteiger charge is -2.21. The summed E-state index contributed by atoms with van der Waals surface area (Å²) in [5.41, 5.74) is 12.7. The van der Waals surface area contributed by atoms with Crippen molar-refractivity contribution in [2.45, 2.75) is 12.8 Å². The first kappa shape index (κ1) is 13.5. The first-order valence-corrected chi connectivity index (χ1v) is 8.02. The first-order chi connectivity index (χ1) is 10.7. The SMILES string of the molecule is Nc1nc(-c2ccc(Br)cc2)c2c(n1)-c1ccccc1CC2. The Hall–Kier alpha value is -2.20. The van der Waals surface area contributed by atoms with Gasteiger partial charge in [-0.3, -0.25) is 0 Å². The van der Waals surface area contributed by atoms with E-state index in [9.17, 15) is 0 Å². The highest BCUT2D eigenvalue weighted by atomic mass is 79.9. The molecular formula is C18H14BrN3. The molecule has 1 aromatic heterocycles. The summed E-state index contributed by atoms with van der Waals surface area (Å²) in [6.45, 7) is 0. The first-order valence-electron chi connectivity index (χ1n) is 7.23. The number of hydrogen-bond donors (Lipinski definition) is 1. The minimum Gasteiger partial charge on any atom is -0.368 e. The van der Waals surface area contributed by atoms with Crippen molar-refractivity contribution < 1.29 is 0 Å². The van der Waals surface area contributed by atoms with E-state index >= 15 is 0 Å². The van der Waals surface area contributed by atoms with Crippen LogP contribution in [0.4, 0.5) is 5.95 Å². The van der Waals surface area contributed by atoms with E-state index in [0.29, 0.717) is 5.95 Å². The molecule has 0 saturated heterocycles. The van der Waals surface area contributed by atoms with Crippen LogP contribution in [0.1, 0.15) is 11.1 Å². The Bertz CT molecular complexity index is 857. The zero-order valence-electron chi connectivity index (χ0n) is 11.9. The Morgan fingerprint density at radius 3 is 2.41 bits per heavy atom. The number of nitrogens with zero attached hydrogens (tertiary/aromatic N) is 2. The molecule has 1 aliphatic carbocycles. The van der Waals surface area contributed by atoms with Gasteiger partial charge in [-0.05, 0) is 30.5 Å². The summed E-state index contributed by atoms with van der Waals surface area (Å²) in [5, 5.41) is 0. The van der Waals surface area contributed by atoms with Crippen LogP contribution in [0.25, 0.3) is 22.5 Å². The van der Waals surface area contributed by atoms with Crippen molar-refractivity contribution in [2.75, 3.05) is 5.73 Å². The highest BCUT2D eigenvalue weighted by Gasteiger charge is 2.22. The lowest BCUT2D eigenvalue weighted by Crippen LogP contribution is -2.11. The summed E-state index contributed by atoms with van der Waals surface area (Å²) in [6.07, 6.45) is 1.96. The summed E-state index contributed by atoms with van der Waals surface area (Å²) in [5.74, 6) is 0.327. The van der Waals surface area contributed by atoms with Gasteiger partial charge in [-0.1, -0.05) is 52.3 Å². The molecule has 0 aliphatic heterocycles. The van der Waals surface area contributed by atoms with Gasteiger partial charge in [-0.2, -0.15) is 0 Å². The Morgan fingerprint density at radius 2 is 1.59 bits per heavy atom. The average Bonchev–Trinajstić information content (AvgIpc) is 2.55. The number of nitrogen functional groups attached to an aromatic ring is 1. The number of rotatable bonds is 1. The van der Waals surface area contributed by atoms with Gasteiger partial charge in [-0.15, -0.1) is 0 Å². The van der Waals surface area contributed by atoms with Gasteiger partial charge in [-0.25, -0.2) is 9.97 Å². The van der Waals surface area contributed by atoms with Crippen LogP contribution in [0.15, 0.2) is 53.0 Å². The summed E-state index contributed by atoms with van der Waals surface area (Å²) in [4.78, 5) is 9.03. The van der Waals surface area contributed by atoms with Crippen LogP contribution in [-0.4, -0.2) is 9.97 Å². The van der Waals surface area contributed by atoms with Gasteiger partial charge in [0.2, 0.25) is 5.95 Å². The number of halogens is 1. The average molecular weight is 352 g/mol. The second-order valence-corrected chi connectivity index (χ2v) is 6.34. The van der Waals surface area contributed by atoms with E-state index in [4.69, 9.17) is 5.73 Å². The number of nitrogens with two attached hydrogens (primary N) is 1. The van der Waals surface area contributed by atoms with Gasteiger partial charge in [0, 0.05) is 21.2 Å². The summed E-state index contributed by atoms with van der Waals surface area (Å²) >= 11 is 3.47. The van der Waals surface area contributed by atoms with E-state index in [0.717, 1.165) is 34.3 Å². The fourth-order valence-electron chi connectivity index (χ4n) is 3.04. The largest absolute Gasteiger partial charge is 0.368 e. The molecular weight excluding hydrogens is 338 g/mol. The Kier molecular flexibility index (Phi) is 3.19. The number of benzene rings is 2. The van der Waals surface area contributed by atoms with Crippen LogP contribution in [0.3, 0.4) is 0 Å². The standard InChI is InChI=1S/C18H14BrN3/c19-13-8-5-12(6-9-13)16-15-10-7-11-3-1-2-4-14(11)17(15)22-18(20)21-16/h1-6,8-9H,7,10H2,(H2,20,21,22). The third kappa shape index (κ3) is 2.20. The highest BCUT2D eigenvalue weighted by Crippen LogP contribution is 2.37. The molecule has 0 bridgehead atoms. The molecule has 22 heavy (non-hydrogen) atoms. The molecule has 3 nitrogen and oxygen atoms in total. The van der Waals surface area contributed by atoms with Crippen LogP contribution in [0, 0.1) is 0 Å². The number of hydrogen-bond acceptors (Lipinski definition) is 3. The normalized spacial score (nSPS) is 12.6. The number of aromatic nitrogens is 2. The summed E-state index contributed by atoms with van der Waals surface area (Å²) in [7, 11) is 0. The predicted molar refractivity (Wildman–Crippen MR) is 92.4 cm³/mol. The molecule has 0 fully saturated rings. The van der Waals surface area contributed by atoms with Crippen molar-refractivity contribution >= 4 is 21.9 Å². The van der Waals surface area contributed by atoms with Gasteiger partial charge in [0.15, 0.2) is 0 Å². The topological polar surface area (TPSA) is 51.8 Å². The third-order valence-corrected chi connectivity index (χ3v) is 4.59. The molecule has 1 aliphatic rings. The van der Waals surface area contributed by atoms with Crippen molar-refractivity contribution in [1.82, 2.24) is 9.97 Å². The molecule has 108 valence electrons. The smallest absolute Gasteiger partial charge is 0.221 e. The molecule has 0 spiro atoms. The minimum atomic E-state index is 0.327. The molecule has 2 N–H and O–H groups in total. The molecule has 0 saturated carbocycles. The van der Waals surface area contributed by atoms with Gasteiger partial charge in [0.05, 0.1) is 11.4 Å². The van der Waals surface area contributed by atoms with Crippen molar-refractivity contribution in [3.63, 3.8) is 0 Å². The molecule has 4 rings (SSSR count). The van der Waals surface area contributed by atoms with Crippen LogP contribution in [-0.2, 0) is 12.8 Å². The molecule has 4 heteroatoms. The van der Waals surface area contributed by atoms with E-state index in [-0.39, 0.29) is 0 Å². The van der Waals surface area contributed by atoms with Crippen LogP contribution in [0.2, 0.25) is 0 Å². The van der Waals surface area contributed by atoms with Gasteiger partial charge in [0.25, 0.3) is 0 Å². The fourth-order valence-corrected chi connectivity index (χ4v) is 3.30. The zero-order chi connectivity index (χ0) is 15.1. The van der Waals surface area contributed by atoms with E-state index < -0.39 is 0 Å². The molecule has 2 aromatic carbocycles. The van der Waals surface area contributed by atoms with Gasteiger partial charge >= 0.3 is 0 Å². The maximum Gasteiger partial charge on any atom is 0.221 e. The summed E-state index contributed by atoms with van der Waals surface area (Å²) < 4.78 is 1.05. The van der Waals surface area contributed by atoms with Crippen LogP contribution >= 0.6 is 15.9 Å². The number of aryl methyl sites for hydroxylation is 1. The highest BCUT2D eigenvalue weighted by molar-refractivity contribution is 9.10. The second-order valence-electron chi connectivity index (χ2n) is 5.42. The molecule has 0 atom stereocenters. The Morgan fingerprint density at radius 1 is 0.864 bits per heavy atom. The summed E-state index contributed by atoms with van der Waals surface area (Å²) in [6, 6.07) is 16.6. The molecule has 0 unspecified atom stereocenters. The maximum absolute atomic E-state index is 5.98. The van der Waals surface area contributed by atoms with Gasteiger partial charge < -0.3 is 5.73 Å². The van der Waals surface area contributed by atoms with E-state index in [1.54, 1.807) is 0 Å². The number of fused-ring (bicyclic) bond motifs is 3. The van der Waals surface area contributed by atoms with Crippen LogP contribution < -0.4 is 5.73 Å². The van der Waals surface area contributed by atoms with Gasteiger partial charge in [0.1, 0.15) is 0 Å². The molecule has 1 heterocycles. The van der Waals surface area contributed by atoms with E-state index in [1.807, 2.05) is 18.2 Å². The maximum atomic E-state index is 5.98. The van der Waals surface area contributed by atoms with E-state index in [1.165, 1.54) is 16.7 Å². The van der Waals surface area contributed by atoms with Crippen molar-refractivity contribution in [3.05, 3.63) is 64.1 Å². The minimum absolute atomic E-state index is 0.327. The van der Waals surface area contributed by atoms with E-state index in [2.05, 4.69) is 56.2 Å². The fraction of sp³-hybridized carbons (Fsp3) is 0.111. The van der Waals surface area contributed by atoms with Crippen molar-refractivity contribution in [2.24, 2.45) is 0 Å². The zero-order valence-corrected chi connectivity index (χ0v) is 13.5. The Labute approximate surface area is 137 Å². The third-order valence-electron chi connectivity index (χ3n) is 4.06. The number of anilines is 1. The van der Waals surface area contributed by atoms with Crippen molar-refractivity contribution in [1.29, 1.82) is 0 Å². The lowest BCUT2D eigenvalue weighted by molar-refractivity contribution is 0.917. The monoisotopic (exact) mass is 351 g/mol. The Balaban J connectivity index is 1.96.